The number of rotatable bonds is 6. The fourth-order valence-corrected chi connectivity index (χ4v) is 4.33. The van der Waals surface area contributed by atoms with Crippen LogP contribution in [0.3, 0.4) is 0 Å². The number of nitrogens with zero attached hydrogens (tertiary/aromatic N) is 2. The van der Waals surface area contributed by atoms with Crippen molar-refractivity contribution >= 4 is 34.1 Å². The molecule has 2 aromatic carbocycles. The SMILES string of the molecule is CC(C)Cc1c[nH]c2ccc(Oc3c(Cl)cc(-n4nc(C5CN5)c(=O)[nH]c4=O)cc3Cl)cc12. The molecule has 1 fully saturated rings. The third kappa shape index (κ3) is 4.29. The first-order chi connectivity index (χ1) is 15.8. The molecule has 1 unspecified atom stereocenters. The van der Waals surface area contributed by atoms with Crippen molar-refractivity contribution in [1.82, 2.24) is 25.1 Å². The van der Waals surface area contributed by atoms with Crippen molar-refractivity contribution < 1.29 is 4.74 Å². The van der Waals surface area contributed by atoms with Gasteiger partial charge in [-0.05, 0) is 48.2 Å². The molecule has 1 aliphatic rings. The van der Waals surface area contributed by atoms with Crippen LogP contribution in [0.25, 0.3) is 16.6 Å². The van der Waals surface area contributed by atoms with Crippen LogP contribution in [0.5, 0.6) is 11.5 Å². The minimum absolute atomic E-state index is 0.168. The summed E-state index contributed by atoms with van der Waals surface area (Å²) < 4.78 is 7.11. The monoisotopic (exact) mass is 485 g/mol. The van der Waals surface area contributed by atoms with E-state index in [2.05, 4.69) is 34.2 Å². The van der Waals surface area contributed by atoms with Gasteiger partial charge >= 0.3 is 5.69 Å². The number of nitrogens with one attached hydrogen (secondary N) is 3. The maximum Gasteiger partial charge on any atom is 0.349 e. The molecule has 4 aromatic rings. The molecule has 10 heteroatoms. The zero-order valence-electron chi connectivity index (χ0n) is 17.9. The van der Waals surface area contributed by atoms with E-state index in [9.17, 15) is 9.59 Å². The predicted octanol–water partition coefficient (Wildman–Crippen LogP) is 4.34. The Morgan fingerprint density at radius 2 is 1.91 bits per heavy atom. The van der Waals surface area contributed by atoms with Crippen molar-refractivity contribution in [2.75, 3.05) is 6.54 Å². The Morgan fingerprint density at radius 1 is 1.18 bits per heavy atom. The summed E-state index contributed by atoms with van der Waals surface area (Å²) in [6.07, 6.45) is 2.96. The van der Waals surface area contributed by atoms with Gasteiger partial charge in [0, 0.05) is 23.6 Å². The van der Waals surface area contributed by atoms with Gasteiger partial charge in [0.05, 0.1) is 21.8 Å². The van der Waals surface area contributed by atoms with Crippen molar-refractivity contribution in [1.29, 1.82) is 0 Å². The summed E-state index contributed by atoms with van der Waals surface area (Å²) >= 11 is 13.0. The Morgan fingerprint density at radius 3 is 2.58 bits per heavy atom. The van der Waals surface area contributed by atoms with Crippen molar-refractivity contribution in [3.63, 3.8) is 0 Å². The number of benzene rings is 2. The molecule has 3 N–H and O–H groups in total. The fourth-order valence-electron chi connectivity index (χ4n) is 3.78. The van der Waals surface area contributed by atoms with Crippen LogP contribution in [-0.4, -0.2) is 26.3 Å². The molecule has 1 saturated heterocycles. The number of ether oxygens (including phenoxy) is 1. The van der Waals surface area contributed by atoms with Gasteiger partial charge in [-0.15, -0.1) is 0 Å². The molecule has 33 heavy (non-hydrogen) atoms. The second-order valence-electron chi connectivity index (χ2n) is 8.48. The molecule has 0 aliphatic carbocycles. The summed E-state index contributed by atoms with van der Waals surface area (Å²) in [6.45, 7) is 4.98. The van der Waals surface area contributed by atoms with Crippen LogP contribution >= 0.6 is 23.2 Å². The number of H-pyrrole nitrogens is 2. The van der Waals surface area contributed by atoms with Crippen molar-refractivity contribution in [3.05, 3.63) is 78.7 Å². The summed E-state index contributed by atoms with van der Waals surface area (Å²) in [7, 11) is 0. The largest absolute Gasteiger partial charge is 0.454 e. The van der Waals surface area contributed by atoms with Crippen LogP contribution in [0.1, 0.15) is 31.1 Å². The zero-order valence-corrected chi connectivity index (χ0v) is 19.4. The molecule has 170 valence electrons. The van der Waals surface area contributed by atoms with E-state index in [1.807, 2.05) is 24.4 Å². The highest BCUT2D eigenvalue weighted by atomic mass is 35.5. The minimum Gasteiger partial charge on any atom is -0.454 e. The van der Waals surface area contributed by atoms with Crippen molar-refractivity contribution in [2.45, 2.75) is 26.3 Å². The summed E-state index contributed by atoms with van der Waals surface area (Å²) in [5.41, 5.74) is 1.60. The molecule has 1 atom stereocenters. The lowest BCUT2D eigenvalue weighted by atomic mass is 10.0. The van der Waals surface area contributed by atoms with E-state index in [1.165, 1.54) is 17.7 Å². The maximum atomic E-state index is 12.3. The summed E-state index contributed by atoms with van der Waals surface area (Å²) in [6, 6.07) is 8.62. The van der Waals surface area contributed by atoms with E-state index in [-0.39, 0.29) is 27.5 Å². The van der Waals surface area contributed by atoms with Gasteiger partial charge in [-0.1, -0.05) is 37.0 Å². The standard InChI is InChI=1S/C23H21Cl2N5O3/c1-11(2)5-12-9-26-18-4-3-14(8-15(12)18)33-21-16(24)6-13(7-17(21)25)30-23(32)28-22(31)20(29-30)19-10-27-19/h3-4,6-9,11,19,26-27H,5,10H2,1-2H3,(H,28,31,32). The highest BCUT2D eigenvalue weighted by Crippen LogP contribution is 2.39. The van der Waals surface area contributed by atoms with Crippen molar-refractivity contribution in [3.8, 4) is 17.2 Å². The molecule has 5 rings (SSSR count). The van der Waals surface area contributed by atoms with Gasteiger partial charge in [0.15, 0.2) is 5.75 Å². The van der Waals surface area contributed by atoms with E-state index in [0.717, 1.165) is 22.0 Å². The number of hydrogen-bond donors (Lipinski definition) is 3. The average molecular weight is 486 g/mol. The van der Waals surface area contributed by atoms with Crippen molar-refractivity contribution in [2.24, 2.45) is 5.92 Å². The third-order valence-corrected chi connectivity index (χ3v) is 5.97. The van der Waals surface area contributed by atoms with Crippen LogP contribution in [0.4, 0.5) is 0 Å². The van der Waals surface area contributed by atoms with Gasteiger partial charge in [0.2, 0.25) is 0 Å². The Balaban J connectivity index is 1.49. The molecule has 0 bridgehead atoms. The first-order valence-corrected chi connectivity index (χ1v) is 11.3. The first kappa shape index (κ1) is 21.8. The highest BCUT2D eigenvalue weighted by Gasteiger charge is 2.28. The average Bonchev–Trinajstić information content (AvgIpc) is 3.52. The molecule has 8 nitrogen and oxygen atoms in total. The Kier molecular flexibility index (Phi) is 5.52. The van der Waals surface area contributed by atoms with Gasteiger partial charge in [0.25, 0.3) is 5.56 Å². The van der Waals surface area contributed by atoms with E-state index in [4.69, 9.17) is 27.9 Å². The van der Waals surface area contributed by atoms with Crippen LogP contribution in [-0.2, 0) is 6.42 Å². The summed E-state index contributed by atoms with van der Waals surface area (Å²) in [5, 5.41) is 8.69. The van der Waals surface area contributed by atoms with Gasteiger partial charge in [-0.25, -0.2) is 4.79 Å². The molecule has 1 aliphatic heterocycles. The second kappa shape index (κ2) is 8.37. The summed E-state index contributed by atoms with van der Waals surface area (Å²) in [5.74, 6) is 1.38. The van der Waals surface area contributed by atoms with Crippen LogP contribution in [0.2, 0.25) is 10.0 Å². The lowest BCUT2D eigenvalue weighted by Crippen LogP contribution is -2.34. The number of aromatic nitrogens is 4. The topological polar surface area (TPSA) is 115 Å². The molecule has 0 amide bonds. The molecular weight excluding hydrogens is 465 g/mol. The summed E-state index contributed by atoms with van der Waals surface area (Å²) in [4.78, 5) is 29.9. The van der Waals surface area contributed by atoms with E-state index in [1.54, 1.807) is 0 Å². The highest BCUT2D eigenvalue weighted by molar-refractivity contribution is 6.37. The number of halogens is 2. The quantitative estimate of drug-likeness (QED) is 0.351. The van der Waals surface area contributed by atoms with E-state index < -0.39 is 11.2 Å². The normalized spacial score (nSPS) is 15.4. The van der Waals surface area contributed by atoms with Gasteiger partial charge in [-0.2, -0.15) is 9.78 Å². The molecule has 2 aromatic heterocycles. The molecule has 0 spiro atoms. The van der Waals surface area contributed by atoms with Crippen LogP contribution < -0.4 is 21.3 Å². The number of aromatic amines is 2. The minimum atomic E-state index is -0.680. The first-order valence-electron chi connectivity index (χ1n) is 10.5. The molecule has 0 saturated carbocycles. The number of fused-ring (bicyclic) bond motifs is 1. The second-order valence-corrected chi connectivity index (χ2v) is 9.29. The zero-order chi connectivity index (χ0) is 23.3. The number of hydrogen-bond acceptors (Lipinski definition) is 5. The smallest absolute Gasteiger partial charge is 0.349 e. The maximum absolute atomic E-state index is 12.3. The van der Waals surface area contributed by atoms with Gasteiger partial charge in [-0.3, -0.25) is 9.78 Å². The molecular formula is C23H21Cl2N5O3. The van der Waals surface area contributed by atoms with Gasteiger partial charge < -0.3 is 15.0 Å². The molecule has 3 heterocycles. The lowest BCUT2D eigenvalue weighted by Gasteiger charge is -2.13. The van der Waals surface area contributed by atoms with Gasteiger partial charge in [0.1, 0.15) is 11.4 Å². The van der Waals surface area contributed by atoms with E-state index >= 15 is 0 Å². The molecule has 0 radical (unpaired) electrons. The Labute approximate surface area is 198 Å². The van der Waals surface area contributed by atoms with Crippen LogP contribution in [0, 0.1) is 5.92 Å². The Bertz CT molecular complexity index is 1460. The Hall–Kier alpha value is -3.07. The lowest BCUT2D eigenvalue weighted by molar-refractivity contribution is 0.483. The van der Waals surface area contributed by atoms with E-state index in [0.29, 0.717) is 23.9 Å². The fraction of sp³-hybridized carbons (Fsp3) is 0.261. The predicted molar refractivity (Wildman–Crippen MR) is 128 cm³/mol. The van der Waals surface area contributed by atoms with Crippen LogP contribution in [0.15, 0.2) is 46.1 Å². The third-order valence-electron chi connectivity index (χ3n) is 5.41.